The minimum Gasteiger partial charge on any atom is -0.450 e. The van der Waals surface area contributed by atoms with Crippen molar-refractivity contribution in [2.75, 3.05) is 34.7 Å². The van der Waals surface area contributed by atoms with Crippen molar-refractivity contribution in [3.05, 3.63) is 71.8 Å². The Kier molecular flexibility index (Phi) is 23.9. The van der Waals surface area contributed by atoms with Gasteiger partial charge in [-0.05, 0) is 67.4 Å². The van der Waals surface area contributed by atoms with E-state index in [1.165, 1.54) is 54.7 Å². The zero-order valence-electron chi connectivity index (χ0n) is 48.9. The average molecular weight is 1090 g/mol. The first-order chi connectivity index (χ1) is 36.7. The van der Waals surface area contributed by atoms with E-state index in [2.05, 4.69) is 16.0 Å². The molecule has 432 valence electrons. The number of fused-ring (bicyclic) bond motifs is 1. The van der Waals surface area contributed by atoms with E-state index in [0.29, 0.717) is 24.8 Å². The summed E-state index contributed by atoms with van der Waals surface area (Å²) in [5, 5.41) is 20.0. The van der Waals surface area contributed by atoms with Gasteiger partial charge in [0.05, 0.1) is 6.10 Å². The molecule has 2 aliphatic rings. The molecule has 2 aliphatic heterocycles. The predicted molar refractivity (Wildman–Crippen MR) is 297 cm³/mol. The molecule has 2 fully saturated rings. The van der Waals surface area contributed by atoms with E-state index >= 15 is 9.59 Å². The summed E-state index contributed by atoms with van der Waals surface area (Å²) in [7, 11) is 5.66. The van der Waals surface area contributed by atoms with Crippen molar-refractivity contribution in [2.24, 2.45) is 29.6 Å². The molecule has 2 heterocycles. The van der Waals surface area contributed by atoms with Gasteiger partial charge in [-0.15, -0.1) is 0 Å². The summed E-state index contributed by atoms with van der Waals surface area (Å²) in [5.74, 6) is -8.58. The summed E-state index contributed by atoms with van der Waals surface area (Å²) in [5.41, 5.74) is 1.42. The van der Waals surface area contributed by atoms with Crippen LogP contribution in [-0.2, 0) is 60.7 Å². The molecule has 8 amide bonds. The van der Waals surface area contributed by atoms with Gasteiger partial charge in [0, 0.05) is 53.5 Å². The van der Waals surface area contributed by atoms with Gasteiger partial charge in [0.1, 0.15) is 42.3 Å². The highest BCUT2D eigenvalue weighted by Gasteiger charge is 2.46. The molecule has 0 saturated carbocycles. The molecule has 0 aliphatic carbocycles. The maximum atomic E-state index is 15.3. The Morgan fingerprint density at radius 2 is 1.03 bits per heavy atom. The van der Waals surface area contributed by atoms with Crippen LogP contribution in [0.5, 0.6) is 0 Å². The number of benzene rings is 2. The first kappa shape index (κ1) is 64.2. The second-order valence-corrected chi connectivity index (χ2v) is 22.8. The van der Waals surface area contributed by atoms with E-state index in [4.69, 9.17) is 4.74 Å². The number of cyclic esters (lactones) is 1. The summed E-state index contributed by atoms with van der Waals surface area (Å²) < 4.78 is 6.03. The minimum atomic E-state index is -1.67. The number of rotatable bonds is 13. The quantitative estimate of drug-likeness (QED) is 0.210. The molecule has 19 heteroatoms. The van der Waals surface area contributed by atoms with Crippen molar-refractivity contribution < 1.29 is 53.0 Å². The summed E-state index contributed by atoms with van der Waals surface area (Å²) in [6.07, 6.45) is -1.39. The van der Waals surface area contributed by atoms with Gasteiger partial charge < -0.3 is 50.3 Å². The third-order valence-corrected chi connectivity index (χ3v) is 15.6. The molecule has 12 atom stereocenters. The second kappa shape index (κ2) is 29.0. The van der Waals surface area contributed by atoms with Crippen LogP contribution >= 0.6 is 0 Å². The van der Waals surface area contributed by atoms with Crippen LogP contribution in [0.2, 0.25) is 0 Å². The Hall–Kier alpha value is -6.37. The lowest BCUT2D eigenvalue weighted by molar-refractivity contribution is -0.173. The van der Waals surface area contributed by atoms with Crippen molar-refractivity contribution in [1.29, 1.82) is 0 Å². The molecule has 0 spiro atoms. The van der Waals surface area contributed by atoms with Gasteiger partial charge in [0.2, 0.25) is 41.4 Å². The van der Waals surface area contributed by atoms with E-state index in [-0.39, 0.29) is 38.1 Å². The number of esters is 1. The van der Waals surface area contributed by atoms with E-state index < -0.39 is 137 Å². The fraction of sp³-hybridized carbons (Fsp3) is 0.644. The molecule has 0 bridgehead atoms. The number of likely N-dealkylation sites (N-methyl/N-ethyl adjacent to an activating group) is 4. The number of carbonyl (C=O) groups excluding carboxylic acids is 9. The minimum absolute atomic E-state index is 0.00438. The van der Waals surface area contributed by atoms with Crippen molar-refractivity contribution in [3.63, 3.8) is 0 Å². The third kappa shape index (κ3) is 15.9. The number of nitrogens with one attached hydrogen (secondary N) is 3. The first-order valence-corrected chi connectivity index (χ1v) is 27.9. The maximum absolute atomic E-state index is 15.3. The number of ether oxygens (including phenoxy) is 1. The fourth-order valence-electron chi connectivity index (χ4n) is 10.7. The topological polar surface area (TPSA) is 235 Å². The van der Waals surface area contributed by atoms with Gasteiger partial charge >= 0.3 is 5.97 Å². The second-order valence-electron chi connectivity index (χ2n) is 22.8. The first-order valence-electron chi connectivity index (χ1n) is 27.9. The van der Waals surface area contributed by atoms with Gasteiger partial charge in [-0.2, -0.15) is 0 Å². The molecule has 19 nitrogen and oxygen atoms in total. The number of hydrogen-bond donors (Lipinski definition) is 4. The van der Waals surface area contributed by atoms with Crippen LogP contribution in [0.25, 0.3) is 0 Å². The van der Waals surface area contributed by atoms with Gasteiger partial charge in [-0.1, -0.05) is 136 Å². The predicted octanol–water partition coefficient (Wildman–Crippen LogP) is 3.98. The summed E-state index contributed by atoms with van der Waals surface area (Å²) >= 11 is 0. The summed E-state index contributed by atoms with van der Waals surface area (Å²) in [6.45, 7) is 19.3. The monoisotopic (exact) mass is 1090 g/mol. The Labute approximate surface area is 462 Å². The average Bonchev–Trinajstić information content (AvgIpc) is 3.91. The molecular formula is C59H90N8O11. The van der Waals surface area contributed by atoms with Crippen molar-refractivity contribution in [2.45, 2.75) is 182 Å². The van der Waals surface area contributed by atoms with E-state index in [1.807, 2.05) is 57.2 Å². The SMILES string of the molecule is CC[C@H](C)[C@@H]1NC(=O)C2CCCN2C(=O)[C@H](Cc2ccccc2)N(C)C(=O)[C@H](Cc2ccccc2)NC(=O)[C@H](C(C)C)N(C)C(=O)[C@@H]([C@@H](C)CC)OC(=O)[C@H]([C@@H](C)O)N(C)C(=O)[C@H](CC(C)C)NC(=O)[C@H](C(C)C)N(C)C1=O. The van der Waals surface area contributed by atoms with Crippen LogP contribution in [0, 0.1) is 29.6 Å². The van der Waals surface area contributed by atoms with E-state index in [1.54, 1.807) is 72.7 Å². The molecule has 2 saturated heterocycles. The molecule has 4 rings (SSSR count). The fourth-order valence-corrected chi connectivity index (χ4v) is 10.7. The Bertz CT molecular complexity index is 2380. The molecule has 2 aromatic carbocycles. The highest BCUT2D eigenvalue weighted by Crippen LogP contribution is 2.26. The van der Waals surface area contributed by atoms with Crippen molar-refractivity contribution in [3.8, 4) is 0 Å². The molecular weight excluding hydrogens is 997 g/mol. The molecule has 78 heavy (non-hydrogen) atoms. The number of aliphatic hydroxyl groups excluding tert-OH is 1. The normalized spacial score (nSPS) is 26.9. The smallest absolute Gasteiger partial charge is 0.332 e. The summed E-state index contributed by atoms with van der Waals surface area (Å²) in [4.78, 5) is 140. The largest absolute Gasteiger partial charge is 0.450 e. The van der Waals surface area contributed by atoms with E-state index in [9.17, 15) is 38.7 Å². The lowest BCUT2D eigenvalue weighted by atomic mass is 9.94. The number of amides is 8. The highest BCUT2D eigenvalue weighted by molar-refractivity contribution is 5.99. The van der Waals surface area contributed by atoms with Crippen LogP contribution in [0.3, 0.4) is 0 Å². The number of carbonyl (C=O) groups is 9. The van der Waals surface area contributed by atoms with E-state index in [0.717, 1.165) is 10.5 Å². The Morgan fingerprint density at radius 3 is 1.51 bits per heavy atom. The van der Waals surface area contributed by atoms with Crippen LogP contribution in [0.4, 0.5) is 0 Å². The lowest BCUT2D eigenvalue weighted by Crippen LogP contribution is -2.62. The van der Waals surface area contributed by atoms with Gasteiger partial charge in [-0.3, -0.25) is 38.4 Å². The highest BCUT2D eigenvalue weighted by atomic mass is 16.6. The molecule has 0 aromatic heterocycles. The molecule has 1 unspecified atom stereocenters. The van der Waals surface area contributed by atoms with Crippen molar-refractivity contribution >= 4 is 53.2 Å². The van der Waals surface area contributed by atoms with Gasteiger partial charge in [0.25, 0.3) is 5.91 Å². The third-order valence-electron chi connectivity index (χ3n) is 15.6. The molecule has 4 N–H and O–H groups in total. The molecule has 0 radical (unpaired) electrons. The maximum Gasteiger partial charge on any atom is 0.332 e. The number of aliphatic hydroxyl groups is 1. The van der Waals surface area contributed by atoms with Crippen LogP contribution in [0.1, 0.15) is 119 Å². The molecule has 2 aromatic rings. The standard InChI is InChI=1S/C59H90N8O11/c1-16-37(9)46-57(75)64(13)47(35(5)6)52(70)60-42(31-34(3)4)55(73)66(15)49(39(11)68)59(77)78-50(38(10)17-2)58(76)65(14)48(36(7)8)53(71)61-43(32-40-25-20-18-21-26-40)54(72)63(12)45(33-41-27-22-19-23-28-41)56(74)67-30-24-29-44(67)51(69)62-46/h18-23,25-28,34-39,42-50,68H,16-17,24,29-33H2,1-15H3,(H,60,70)(H,61,71)(H,62,69)/t37-,38-,39+,42-,43-,44?,45-,46-,47-,48-,49-,50+/m0/s1. The van der Waals surface area contributed by atoms with Crippen LogP contribution in [0.15, 0.2) is 60.7 Å². The summed E-state index contributed by atoms with van der Waals surface area (Å²) in [6, 6.07) is 8.20. The van der Waals surface area contributed by atoms with Crippen molar-refractivity contribution in [1.82, 2.24) is 40.4 Å². The zero-order valence-corrected chi connectivity index (χ0v) is 48.9. The Balaban J connectivity index is 1.96. The van der Waals surface area contributed by atoms with Crippen LogP contribution in [-0.4, -0.2) is 178 Å². The van der Waals surface area contributed by atoms with Gasteiger partial charge in [0.15, 0.2) is 12.1 Å². The lowest BCUT2D eigenvalue weighted by Gasteiger charge is -2.37. The van der Waals surface area contributed by atoms with Crippen LogP contribution < -0.4 is 16.0 Å². The zero-order chi connectivity index (χ0) is 58.5. The van der Waals surface area contributed by atoms with Gasteiger partial charge in [-0.25, -0.2) is 4.79 Å². The Morgan fingerprint density at radius 1 is 0.551 bits per heavy atom. The number of hydrogen-bond acceptors (Lipinski definition) is 11. The number of nitrogens with zero attached hydrogens (tertiary/aromatic N) is 5.